The van der Waals surface area contributed by atoms with Gasteiger partial charge in [0.1, 0.15) is 41.5 Å². The van der Waals surface area contributed by atoms with E-state index in [-0.39, 0.29) is 38.1 Å². The number of likely N-dealkylation sites (N-methyl/N-ethyl adjacent to an activating group) is 2. The molecule has 2 bridgehead atoms. The van der Waals surface area contributed by atoms with Gasteiger partial charge in [0.15, 0.2) is 11.8 Å². The molecule has 2 N–H and O–H groups in total. The molecule has 3 aliphatic heterocycles. The Labute approximate surface area is 390 Å². The van der Waals surface area contributed by atoms with Crippen molar-refractivity contribution in [2.24, 2.45) is 5.41 Å². The van der Waals surface area contributed by atoms with Gasteiger partial charge in [-0.3, -0.25) is 28.8 Å². The summed E-state index contributed by atoms with van der Waals surface area (Å²) in [5.41, 5.74) is 0.0361. The summed E-state index contributed by atoms with van der Waals surface area (Å²) in [7, 11) is 4.92. The zero-order valence-corrected chi connectivity index (χ0v) is 40.2. The Balaban J connectivity index is 1.37. The molecule has 8 atom stereocenters. The van der Waals surface area contributed by atoms with E-state index in [9.17, 15) is 24.3 Å². The van der Waals surface area contributed by atoms with E-state index in [1.54, 1.807) is 48.0 Å². The highest BCUT2D eigenvalue weighted by Gasteiger charge is 2.76. The minimum absolute atomic E-state index is 0.0412. The Kier molecular flexibility index (Phi) is 16.9. The molecule has 0 spiro atoms. The third-order valence-electron chi connectivity index (χ3n) is 13.2. The first-order valence-electron chi connectivity index (χ1n) is 23.9. The van der Waals surface area contributed by atoms with Gasteiger partial charge in [-0.15, -0.1) is 0 Å². The lowest BCUT2D eigenvalue weighted by molar-refractivity contribution is -0.225. The number of amides is 3. The SMILES string of the molecule is CCCCCC1(CCCCC)O[C@@H]2[C@H](O1)[C@H]1ON(Cc3cccc(C=CC(=O)N(C)C)c3)[C@H]3C(=O)O[C@@H]2C[C@@]13C(=O)N(C)[C@H](Cc1ccccc1)C(=O)N[C@H](CO)CCC(=O)OC(C)(C)C. The summed E-state index contributed by atoms with van der Waals surface area (Å²) < 4.78 is 25.8. The number of carbonyl (C=O) groups is 5. The van der Waals surface area contributed by atoms with Crippen LogP contribution in [-0.2, 0) is 60.7 Å². The Morgan fingerprint density at radius 2 is 1.61 bits per heavy atom. The summed E-state index contributed by atoms with van der Waals surface area (Å²) in [5.74, 6) is -3.25. The van der Waals surface area contributed by atoms with Gasteiger partial charge in [0, 0.05) is 59.3 Å². The fraction of sp³-hybridized carbons (Fsp3) is 0.627. The molecule has 3 heterocycles. The van der Waals surface area contributed by atoms with Gasteiger partial charge in [-0.1, -0.05) is 94.1 Å². The maximum atomic E-state index is 15.9. The van der Waals surface area contributed by atoms with E-state index < -0.39 is 89.7 Å². The highest BCUT2D eigenvalue weighted by Crippen LogP contribution is 2.58. The summed E-state index contributed by atoms with van der Waals surface area (Å²) in [4.78, 5) is 80.0. The Hall–Kier alpha value is -4.67. The Bertz CT molecular complexity index is 2030. The average molecular weight is 917 g/mol. The summed E-state index contributed by atoms with van der Waals surface area (Å²) >= 11 is 0. The van der Waals surface area contributed by atoms with Crippen molar-refractivity contribution in [3.8, 4) is 0 Å². The van der Waals surface area contributed by atoms with Crippen LogP contribution in [0.2, 0.25) is 0 Å². The number of ether oxygens (including phenoxy) is 4. The molecule has 15 heteroatoms. The van der Waals surface area contributed by atoms with Gasteiger partial charge in [-0.05, 0) is 62.8 Å². The monoisotopic (exact) mass is 917 g/mol. The lowest BCUT2D eigenvalue weighted by Crippen LogP contribution is -2.70. The predicted molar refractivity (Wildman–Crippen MR) is 247 cm³/mol. The average Bonchev–Trinajstić information content (AvgIpc) is 3.83. The molecule has 0 radical (unpaired) electrons. The first-order chi connectivity index (χ1) is 31.4. The van der Waals surface area contributed by atoms with Gasteiger partial charge in [-0.2, -0.15) is 5.06 Å². The molecule has 3 saturated heterocycles. The molecule has 66 heavy (non-hydrogen) atoms. The zero-order chi connectivity index (χ0) is 47.8. The minimum Gasteiger partial charge on any atom is -0.460 e. The molecular weight excluding hydrogens is 845 g/mol. The van der Waals surface area contributed by atoms with Crippen LogP contribution in [0.1, 0.15) is 122 Å². The molecule has 6 rings (SSSR count). The van der Waals surface area contributed by atoms with Crippen LogP contribution in [-0.4, -0.2) is 131 Å². The van der Waals surface area contributed by atoms with Crippen LogP contribution in [0, 0.1) is 5.41 Å². The van der Waals surface area contributed by atoms with E-state index in [0.717, 1.165) is 55.2 Å². The molecule has 2 aromatic carbocycles. The molecular formula is C51H72N4O11. The van der Waals surface area contributed by atoms with Crippen molar-refractivity contribution < 1.29 is 52.9 Å². The minimum atomic E-state index is -1.57. The fourth-order valence-electron chi connectivity index (χ4n) is 9.87. The number of hydrogen-bond acceptors (Lipinski definition) is 12. The number of aliphatic hydroxyl groups is 1. The number of carbonyl (C=O) groups excluding carboxylic acids is 5. The van der Waals surface area contributed by atoms with E-state index in [1.807, 2.05) is 54.6 Å². The number of aliphatic hydroxyl groups excluding tert-OH is 1. The highest BCUT2D eigenvalue weighted by atomic mass is 16.8. The molecule has 1 aliphatic carbocycles. The van der Waals surface area contributed by atoms with Gasteiger partial charge in [0.05, 0.1) is 19.2 Å². The molecule has 3 amide bonds. The van der Waals surface area contributed by atoms with Gasteiger partial charge in [0.25, 0.3) is 0 Å². The van der Waals surface area contributed by atoms with Crippen LogP contribution in [0.4, 0.5) is 0 Å². The van der Waals surface area contributed by atoms with Crippen molar-refractivity contribution in [2.75, 3.05) is 27.7 Å². The van der Waals surface area contributed by atoms with Gasteiger partial charge in [-0.25, -0.2) is 0 Å². The van der Waals surface area contributed by atoms with Crippen molar-refractivity contribution in [3.63, 3.8) is 0 Å². The Morgan fingerprint density at radius 1 is 0.939 bits per heavy atom. The normalized spacial score (nSPS) is 25.2. The highest BCUT2D eigenvalue weighted by molar-refractivity contribution is 5.96. The number of fused-ring (bicyclic) bond motifs is 4. The smallest absolute Gasteiger partial charge is 0.327 e. The number of hydroxylamine groups is 2. The number of nitrogens with one attached hydrogen (secondary N) is 1. The maximum Gasteiger partial charge on any atom is 0.327 e. The van der Waals surface area contributed by atoms with Crippen molar-refractivity contribution in [1.29, 1.82) is 0 Å². The summed E-state index contributed by atoms with van der Waals surface area (Å²) in [5, 5.41) is 14.9. The third kappa shape index (κ3) is 11.7. The van der Waals surface area contributed by atoms with Gasteiger partial charge in [0.2, 0.25) is 17.7 Å². The van der Waals surface area contributed by atoms with Crippen molar-refractivity contribution >= 4 is 35.7 Å². The number of esters is 2. The third-order valence-corrected chi connectivity index (χ3v) is 13.2. The first-order valence-corrected chi connectivity index (χ1v) is 23.9. The second-order valence-corrected chi connectivity index (χ2v) is 19.7. The molecule has 0 unspecified atom stereocenters. The van der Waals surface area contributed by atoms with Crippen LogP contribution >= 0.6 is 0 Å². The van der Waals surface area contributed by atoms with E-state index >= 15 is 4.79 Å². The molecule has 4 aliphatic rings. The molecule has 1 saturated carbocycles. The van der Waals surface area contributed by atoms with Gasteiger partial charge >= 0.3 is 11.9 Å². The fourth-order valence-corrected chi connectivity index (χ4v) is 9.87. The number of hydrogen-bond donors (Lipinski definition) is 2. The van der Waals surface area contributed by atoms with Crippen molar-refractivity contribution in [2.45, 2.75) is 172 Å². The summed E-state index contributed by atoms with van der Waals surface area (Å²) in [6.07, 6.45) is 7.14. The predicted octanol–water partition coefficient (Wildman–Crippen LogP) is 5.90. The van der Waals surface area contributed by atoms with Crippen LogP contribution in [0.3, 0.4) is 0 Å². The van der Waals surface area contributed by atoms with E-state index in [2.05, 4.69) is 19.2 Å². The lowest BCUT2D eigenvalue weighted by Gasteiger charge is -2.50. The second-order valence-electron chi connectivity index (χ2n) is 19.7. The van der Waals surface area contributed by atoms with E-state index in [1.165, 1.54) is 20.9 Å². The topological polar surface area (TPSA) is 173 Å². The number of benzene rings is 2. The Morgan fingerprint density at radius 3 is 2.24 bits per heavy atom. The van der Waals surface area contributed by atoms with E-state index in [0.29, 0.717) is 12.8 Å². The number of rotatable bonds is 22. The second kappa shape index (κ2) is 22.0. The molecule has 15 nitrogen and oxygen atoms in total. The molecule has 0 aromatic heterocycles. The van der Waals surface area contributed by atoms with Crippen LogP contribution in [0.5, 0.6) is 0 Å². The zero-order valence-electron chi connectivity index (χ0n) is 40.2. The van der Waals surface area contributed by atoms with Crippen molar-refractivity contribution in [1.82, 2.24) is 20.2 Å². The van der Waals surface area contributed by atoms with Crippen molar-refractivity contribution in [3.05, 3.63) is 77.4 Å². The van der Waals surface area contributed by atoms with Gasteiger partial charge < -0.3 is 39.2 Å². The molecule has 362 valence electrons. The lowest BCUT2D eigenvalue weighted by atomic mass is 9.62. The number of unbranched alkanes of at least 4 members (excludes halogenated alkanes) is 4. The van der Waals surface area contributed by atoms with Crippen LogP contribution in [0.25, 0.3) is 6.08 Å². The maximum absolute atomic E-state index is 15.9. The largest absolute Gasteiger partial charge is 0.460 e. The molecule has 4 fully saturated rings. The van der Waals surface area contributed by atoms with Crippen LogP contribution in [0.15, 0.2) is 60.7 Å². The molecule has 2 aromatic rings. The number of nitrogens with zero attached hydrogens (tertiary/aromatic N) is 3. The summed E-state index contributed by atoms with van der Waals surface area (Å²) in [6, 6.07) is 13.7. The summed E-state index contributed by atoms with van der Waals surface area (Å²) in [6.45, 7) is 9.23. The van der Waals surface area contributed by atoms with E-state index in [4.69, 9.17) is 23.8 Å². The standard InChI is InChI=1S/C51H72N4O11/c1-9-11-16-27-50(28-17-12-10-2)64-42-39-31-51(44(47(60)62-39)55(66-45(51)43(42)65-50)32-36-22-18-21-35(29-36)23-25-40(57)53(6)7)48(61)54(8)38(30-34-19-14-13-15-20-34)46(59)52-37(33-56)24-26-41(58)63-49(3,4)5/h13-15,18-23,25,29,37-39,42-45,56H,9-12,16-17,24,26-28,30-33H2,1-8H3,(H,52,59)/t37-,38+,39+,42-,43-,44-,45+,51-/m0/s1. The van der Waals surface area contributed by atoms with Crippen LogP contribution < -0.4 is 5.32 Å². The first kappa shape index (κ1) is 50.7. The quantitative estimate of drug-likeness (QED) is 0.0816.